The van der Waals surface area contributed by atoms with Crippen molar-refractivity contribution in [1.29, 1.82) is 0 Å². The van der Waals surface area contributed by atoms with Gasteiger partial charge in [-0.1, -0.05) is 24.3 Å². The zero-order chi connectivity index (χ0) is 22.3. The van der Waals surface area contributed by atoms with Gasteiger partial charge in [0.1, 0.15) is 6.61 Å². The van der Waals surface area contributed by atoms with Crippen LogP contribution in [0.25, 0.3) is 5.69 Å². The zero-order valence-corrected chi connectivity index (χ0v) is 18.0. The van der Waals surface area contributed by atoms with E-state index in [2.05, 4.69) is 15.4 Å². The number of pyridine rings is 1. The summed E-state index contributed by atoms with van der Waals surface area (Å²) < 4.78 is 13.1. The largest absolute Gasteiger partial charge is 0.493 e. The molecule has 0 fully saturated rings. The van der Waals surface area contributed by atoms with E-state index in [9.17, 15) is 4.79 Å². The first-order valence-corrected chi connectivity index (χ1v) is 10.2. The lowest BCUT2D eigenvalue weighted by Gasteiger charge is -2.12. The Morgan fingerprint density at radius 3 is 2.50 bits per heavy atom. The fourth-order valence-corrected chi connectivity index (χ4v) is 3.27. The summed E-state index contributed by atoms with van der Waals surface area (Å²) in [5.41, 5.74) is 4.08. The number of amides is 1. The Labute approximate surface area is 186 Å². The standard InChI is InChI=1S/C25H24N4O3/c1-18-14-22(28-29(18)21-6-4-3-5-7-21)25(30)27-16-20-8-9-23(24(15-20)31-2)32-17-19-10-12-26-13-11-19/h3-15H,16-17H2,1-2H3,(H,27,30). The van der Waals surface area contributed by atoms with Crippen LogP contribution in [0.15, 0.2) is 79.1 Å². The van der Waals surface area contributed by atoms with Gasteiger partial charge in [-0.3, -0.25) is 9.78 Å². The van der Waals surface area contributed by atoms with Gasteiger partial charge in [-0.25, -0.2) is 4.68 Å². The third-order valence-corrected chi connectivity index (χ3v) is 4.95. The number of aryl methyl sites for hydroxylation is 1. The SMILES string of the molecule is COc1cc(CNC(=O)c2cc(C)n(-c3ccccc3)n2)ccc1OCc1ccncc1. The number of ether oxygens (including phenoxy) is 2. The first-order valence-electron chi connectivity index (χ1n) is 10.2. The van der Waals surface area contributed by atoms with E-state index in [0.29, 0.717) is 30.3 Å². The van der Waals surface area contributed by atoms with Gasteiger partial charge >= 0.3 is 0 Å². The van der Waals surface area contributed by atoms with Crippen molar-refractivity contribution in [3.63, 3.8) is 0 Å². The molecule has 2 heterocycles. The van der Waals surface area contributed by atoms with Crippen LogP contribution in [-0.4, -0.2) is 27.8 Å². The van der Waals surface area contributed by atoms with E-state index < -0.39 is 0 Å². The van der Waals surface area contributed by atoms with E-state index in [1.807, 2.05) is 67.6 Å². The Morgan fingerprint density at radius 2 is 1.75 bits per heavy atom. The maximum absolute atomic E-state index is 12.6. The number of hydrogen-bond acceptors (Lipinski definition) is 5. The summed E-state index contributed by atoms with van der Waals surface area (Å²) in [4.78, 5) is 16.7. The number of carbonyl (C=O) groups is 1. The Balaban J connectivity index is 1.40. The molecular formula is C25H24N4O3. The van der Waals surface area contributed by atoms with Crippen LogP contribution in [0.4, 0.5) is 0 Å². The molecule has 4 aromatic rings. The first-order chi connectivity index (χ1) is 15.6. The predicted molar refractivity (Wildman–Crippen MR) is 121 cm³/mol. The highest BCUT2D eigenvalue weighted by molar-refractivity contribution is 5.92. The van der Waals surface area contributed by atoms with Crippen LogP contribution < -0.4 is 14.8 Å². The number of hydrogen-bond donors (Lipinski definition) is 1. The van der Waals surface area contributed by atoms with E-state index in [4.69, 9.17) is 9.47 Å². The second-order valence-electron chi connectivity index (χ2n) is 7.23. The molecule has 1 N–H and O–H groups in total. The maximum Gasteiger partial charge on any atom is 0.272 e. The van der Waals surface area contributed by atoms with Crippen molar-refractivity contribution in [2.24, 2.45) is 0 Å². The molecular weight excluding hydrogens is 404 g/mol. The van der Waals surface area contributed by atoms with E-state index in [-0.39, 0.29) is 5.91 Å². The number of nitrogens with zero attached hydrogens (tertiary/aromatic N) is 3. The molecule has 0 saturated carbocycles. The van der Waals surface area contributed by atoms with E-state index in [1.54, 1.807) is 30.3 Å². The number of aromatic nitrogens is 3. The fourth-order valence-electron chi connectivity index (χ4n) is 3.27. The lowest BCUT2D eigenvalue weighted by Crippen LogP contribution is -2.23. The van der Waals surface area contributed by atoms with Crippen molar-refractivity contribution in [2.75, 3.05) is 7.11 Å². The summed E-state index contributed by atoms with van der Waals surface area (Å²) in [7, 11) is 1.59. The van der Waals surface area contributed by atoms with Crippen molar-refractivity contribution in [3.05, 3.63) is 102 Å². The van der Waals surface area contributed by atoms with Crippen molar-refractivity contribution < 1.29 is 14.3 Å². The van der Waals surface area contributed by atoms with Crippen LogP contribution in [-0.2, 0) is 13.2 Å². The molecule has 2 aromatic heterocycles. The van der Waals surface area contributed by atoms with Crippen LogP contribution in [0.5, 0.6) is 11.5 Å². The lowest BCUT2D eigenvalue weighted by molar-refractivity contribution is 0.0945. The highest BCUT2D eigenvalue weighted by atomic mass is 16.5. The maximum atomic E-state index is 12.6. The third kappa shape index (κ3) is 4.95. The second kappa shape index (κ2) is 9.78. The van der Waals surface area contributed by atoms with Gasteiger partial charge in [0, 0.05) is 24.6 Å². The Kier molecular flexibility index (Phi) is 6.46. The Morgan fingerprint density at radius 1 is 0.969 bits per heavy atom. The van der Waals surface area contributed by atoms with Gasteiger partial charge in [-0.15, -0.1) is 0 Å². The molecule has 0 bridgehead atoms. The van der Waals surface area contributed by atoms with E-state index >= 15 is 0 Å². The van der Waals surface area contributed by atoms with Crippen molar-refractivity contribution in [1.82, 2.24) is 20.1 Å². The van der Waals surface area contributed by atoms with Gasteiger partial charge in [-0.05, 0) is 60.5 Å². The molecule has 0 atom stereocenters. The highest BCUT2D eigenvalue weighted by Crippen LogP contribution is 2.29. The van der Waals surface area contributed by atoms with Crippen molar-refractivity contribution >= 4 is 5.91 Å². The van der Waals surface area contributed by atoms with Gasteiger partial charge in [0.05, 0.1) is 12.8 Å². The fraction of sp³-hybridized carbons (Fsp3) is 0.160. The smallest absolute Gasteiger partial charge is 0.272 e. The molecule has 0 spiro atoms. The summed E-state index contributed by atoms with van der Waals surface area (Å²) in [6.07, 6.45) is 3.46. The lowest BCUT2D eigenvalue weighted by atomic mass is 10.2. The average Bonchev–Trinajstić information content (AvgIpc) is 3.24. The summed E-state index contributed by atoms with van der Waals surface area (Å²) in [6.45, 7) is 2.68. The van der Waals surface area contributed by atoms with Crippen LogP contribution in [0, 0.1) is 6.92 Å². The molecule has 162 valence electrons. The number of methoxy groups -OCH3 is 1. The summed E-state index contributed by atoms with van der Waals surface area (Å²) in [5, 5.41) is 7.37. The van der Waals surface area contributed by atoms with Crippen molar-refractivity contribution in [2.45, 2.75) is 20.1 Å². The molecule has 4 rings (SSSR count). The quantitative estimate of drug-likeness (QED) is 0.457. The van der Waals surface area contributed by atoms with Crippen LogP contribution in [0.3, 0.4) is 0 Å². The Bertz CT molecular complexity index is 1190. The minimum Gasteiger partial charge on any atom is -0.493 e. The monoisotopic (exact) mass is 428 g/mol. The molecule has 32 heavy (non-hydrogen) atoms. The molecule has 0 unspecified atom stereocenters. The third-order valence-electron chi connectivity index (χ3n) is 4.95. The molecule has 7 heteroatoms. The van der Waals surface area contributed by atoms with Gasteiger partial charge < -0.3 is 14.8 Å². The number of benzene rings is 2. The molecule has 0 aliphatic rings. The Hall–Kier alpha value is -4.13. The molecule has 2 aromatic carbocycles. The molecule has 1 amide bonds. The van der Waals surface area contributed by atoms with Gasteiger partial charge in [0.2, 0.25) is 0 Å². The van der Waals surface area contributed by atoms with E-state index in [1.165, 1.54) is 0 Å². The van der Waals surface area contributed by atoms with Gasteiger partial charge in [0.15, 0.2) is 17.2 Å². The van der Waals surface area contributed by atoms with Crippen molar-refractivity contribution in [3.8, 4) is 17.2 Å². The molecule has 0 saturated heterocycles. The van der Waals surface area contributed by atoms with Gasteiger partial charge in [-0.2, -0.15) is 5.10 Å². The normalized spacial score (nSPS) is 10.6. The average molecular weight is 428 g/mol. The zero-order valence-electron chi connectivity index (χ0n) is 18.0. The first kappa shape index (κ1) is 21.1. The summed E-state index contributed by atoms with van der Waals surface area (Å²) in [5.74, 6) is 1.01. The number of carbonyl (C=O) groups excluding carboxylic acids is 1. The summed E-state index contributed by atoms with van der Waals surface area (Å²) >= 11 is 0. The number of para-hydroxylation sites is 1. The van der Waals surface area contributed by atoms with Crippen LogP contribution in [0.1, 0.15) is 27.3 Å². The topological polar surface area (TPSA) is 78.3 Å². The summed E-state index contributed by atoms with van der Waals surface area (Å²) in [6, 6.07) is 20.9. The van der Waals surface area contributed by atoms with Crippen LogP contribution >= 0.6 is 0 Å². The minimum atomic E-state index is -0.236. The van der Waals surface area contributed by atoms with Crippen LogP contribution in [0.2, 0.25) is 0 Å². The molecule has 0 aliphatic carbocycles. The minimum absolute atomic E-state index is 0.236. The molecule has 7 nitrogen and oxygen atoms in total. The molecule has 0 radical (unpaired) electrons. The number of nitrogens with one attached hydrogen (secondary N) is 1. The van der Waals surface area contributed by atoms with E-state index in [0.717, 1.165) is 22.5 Å². The van der Waals surface area contributed by atoms with Gasteiger partial charge in [0.25, 0.3) is 5.91 Å². The number of rotatable bonds is 8. The predicted octanol–water partition coefficient (Wildman–Crippen LogP) is 4.09. The second-order valence-corrected chi connectivity index (χ2v) is 7.23. The molecule has 0 aliphatic heterocycles. The highest BCUT2D eigenvalue weighted by Gasteiger charge is 2.14.